The van der Waals surface area contributed by atoms with E-state index in [1.807, 2.05) is 42.5 Å². The van der Waals surface area contributed by atoms with Crippen molar-refractivity contribution in [1.82, 2.24) is 0 Å². The van der Waals surface area contributed by atoms with E-state index in [1.165, 1.54) is 0 Å². The van der Waals surface area contributed by atoms with Crippen LogP contribution < -0.4 is 5.73 Å². The average molecular weight is 223 g/mol. The number of ketones is 1. The summed E-state index contributed by atoms with van der Waals surface area (Å²) in [5.41, 5.74) is 7.96. The van der Waals surface area contributed by atoms with Crippen molar-refractivity contribution in [1.29, 1.82) is 0 Å². The molecule has 0 aliphatic heterocycles. The number of benzene rings is 2. The third-order valence-corrected chi connectivity index (χ3v) is 2.42. The lowest BCUT2D eigenvalue weighted by Gasteiger charge is -1.96. The summed E-state index contributed by atoms with van der Waals surface area (Å²) >= 11 is 0. The van der Waals surface area contributed by atoms with Crippen LogP contribution in [0.4, 0.5) is 5.69 Å². The van der Waals surface area contributed by atoms with Crippen molar-refractivity contribution in [2.75, 3.05) is 5.73 Å². The van der Waals surface area contributed by atoms with Crippen LogP contribution in [0.15, 0.2) is 60.7 Å². The van der Waals surface area contributed by atoms with Gasteiger partial charge in [0, 0.05) is 11.3 Å². The molecule has 2 nitrogen and oxygen atoms in total. The molecule has 0 aliphatic carbocycles. The first-order valence-corrected chi connectivity index (χ1v) is 5.39. The molecule has 0 saturated heterocycles. The molecule has 0 atom stereocenters. The summed E-state index contributed by atoms with van der Waals surface area (Å²) in [7, 11) is 0. The van der Waals surface area contributed by atoms with E-state index in [2.05, 4.69) is 0 Å². The molecule has 0 unspecified atom stereocenters. The third-order valence-electron chi connectivity index (χ3n) is 2.42. The molecule has 2 aromatic rings. The van der Waals surface area contributed by atoms with E-state index < -0.39 is 0 Å². The molecule has 2 N–H and O–H groups in total. The summed E-state index contributed by atoms with van der Waals surface area (Å²) in [6, 6.07) is 16.6. The Hall–Kier alpha value is -2.35. The zero-order chi connectivity index (χ0) is 12.1. The summed E-state index contributed by atoms with van der Waals surface area (Å²) in [4.78, 5) is 11.8. The number of anilines is 1. The van der Waals surface area contributed by atoms with Crippen molar-refractivity contribution >= 4 is 17.5 Å². The van der Waals surface area contributed by atoms with Gasteiger partial charge in [-0.05, 0) is 23.8 Å². The van der Waals surface area contributed by atoms with E-state index in [0.29, 0.717) is 5.56 Å². The Labute approximate surface area is 100 Å². The molecular formula is C15H13NO. The van der Waals surface area contributed by atoms with Gasteiger partial charge in [-0.15, -0.1) is 0 Å². The number of hydrogen-bond donors (Lipinski definition) is 1. The molecule has 2 rings (SSSR count). The second kappa shape index (κ2) is 5.12. The maximum atomic E-state index is 11.8. The molecule has 84 valence electrons. The first-order valence-electron chi connectivity index (χ1n) is 5.39. The van der Waals surface area contributed by atoms with Crippen molar-refractivity contribution in [2.45, 2.75) is 0 Å². The maximum Gasteiger partial charge on any atom is 0.185 e. The van der Waals surface area contributed by atoms with E-state index in [9.17, 15) is 4.79 Å². The average Bonchev–Trinajstić information content (AvgIpc) is 2.39. The number of nitrogens with two attached hydrogens (primary N) is 1. The summed E-state index contributed by atoms with van der Waals surface area (Å²) < 4.78 is 0. The number of allylic oxidation sites excluding steroid dienone is 1. The zero-order valence-electron chi connectivity index (χ0n) is 9.34. The zero-order valence-corrected chi connectivity index (χ0v) is 9.34. The molecule has 0 amide bonds. The highest BCUT2D eigenvalue weighted by atomic mass is 16.1. The molecule has 0 radical (unpaired) electrons. The summed E-state index contributed by atoms with van der Waals surface area (Å²) in [5, 5.41) is 0. The first kappa shape index (κ1) is 11.1. The topological polar surface area (TPSA) is 43.1 Å². The van der Waals surface area contributed by atoms with Crippen LogP contribution in [0.25, 0.3) is 6.08 Å². The van der Waals surface area contributed by atoms with E-state index in [-0.39, 0.29) is 5.78 Å². The third kappa shape index (κ3) is 3.05. The Bertz CT molecular complexity index is 527. The molecule has 0 bridgehead atoms. The van der Waals surface area contributed by atoms with Crippen molar-refractivity contribution < 1.29 is 4.79 Å². The normalized spacial score (nSPS) is 10.6. The first-order chi connectivity index (χ1) is 8.25. The Balaban J connectivity index is 2.11. The highest BCUT2D eigenvalue weighted by Gasteiger charge is 1.98. The van der Waals surface area contributed by atoms with Crippen LogP contribution >= 0.6 is 0 Å². The van der Waals surface area contributed by atoms with Gasteiger partial charge in [0.2, 0.25) is 0 Å². The number of carbonyl (C=O) groups excluding carboxylic acids is 1. The van der Waals surface area contributed by atoms with E-state index in [1.54, 1.807) is 24.3 Å². The molecular weight excluding hydrogens is 210 g/mol. The van der Waals surface area contributed by atoms with Crippen LogP contribution in [0, 0.1) is 0 Å². The van der Waals surface area contributed by atoms with Gasteiger partial charge in [-0.25, -0.2) is 0 Å². The van der Waals surface area contributed by atoms with Crippen LogP contribution in [-0.2, 0) is 0 Å². The Morgan fingerprint density at radius 2 is 1.59 bits per heavy atom. The minimum Gasteiger partial charge on any atom is -0.399 e. The van der Waals surface area contributed by atoms with E-state index in [0.717, 1.165) is 11.3 Å². The fourth-order valence-corrected chi connectivity index (χ4v) is 1.48. The number of nitrogen functional groups attached to an aromatic ring is 1. The predicted molar refractivity (Wildman–Crippen MR) is 70.7 cm³/mol. The standard InChI is InChI=1S/C15H13NO/c16-14-9-6-12(7-10-14)8-11-15(17)13-4-2-1-3-5-13/h1-11H,16H2/b11-8+. The minimum atomic E-state index is 0.00225. The van der Waals surface area contributed by atoms with Gasteiger partial charge in [0.1, 0.15) is 0 Å². The number of rotatable bonds is 3. The molecule has 2 heteroatoms. The molecule has 2 aromatic carbocycles. The van der Waals surface area contributed by atoms with Gasteiger partial charge >= 0.3 is 0 Å². The number of carbonyl (C=O) groups is 1. The molecule has 0 heterocycles. The van der Waals surface area contributed by atoms with Crippen LogP contribution in [0.3, 0.4) is 0 Å². The smallest absolute Gasteiger partial charge is 0.185 e. The highest BCUT2D eigenvalue weighted by Crippen LogP contribution is 2.08. The lowest BCUT2D eigenvalue weighted by molar-refractivity contribution is 0.104. The highest BCUT2D eigenvalue weighted by molar-refractivity contribution is 6.06. The van der Waals surface area contributed by atoms with Crippen molar-refractivity contribution in [3.05, 3.63) is 71.8 Å². The van der Waals surface area contributed by atoms with Crippen molar-refractivity contribution in [3.8, 4) is 0 Å². The Morgan fingerprint density at radius 1 is 0.941 bits per heavy atom. The van der Waals surface area contributed by atoms with E-state index in [4.69, 9.17) is 5.73 Å². The van der Waals surface area contributed by atoms with Crippen LogP contribution in [0.2, 0.25) is 0 Å². The fourth-order valence-electron chi connectivity index (χ4n) is 1.48. The van der Waals surface area contributed by atoms with Crippen molar-refractivity contribution in [3.63, 3.8) is 0 Å². The van der Waals surface area contributed by atoms with Crippen LogP contribution in [0.1, 0.15) is 15.9 Å². The Morgan fingerprint density at radius 3 is 2.24 bits per heavy atom. The molecule has 0 saturated carbocycles. The van der Waals surface area contributed by atoms with Gasteiger partial charge in [-0.3, -0.25) is 4.79 Å². The summed E-state index contributed by atoms with van der Waals surface area (Å²) in [6.07, 6.45) is 3.36. The molecule has 0 aliphatic rings. The van der Waals surface area contributed by atoms with Gasteiger partial charge in [-0.1, -0.05) is 48.5 Å². The van der Waals surface area contributed by atoms with Gasteiger partial charge < -0.3 is 5.73 Å². The second-order valence-corrected chi connectivity index (χ2v) is 3.73. The Kier molecular flexibility index (Phi) is 3.36. The molecule has 0 aromatic heterocycles. The fraction of sp³-hybridized carbons (Fsp3) is 0. The molecule has 17 heavy (non-hydrogen) atoms. The lowest BCUT2D eigenvalue weighted by atomic mass is 10.1. The van der Waals surface area contributed by atoms with E-state index >= 15 is 0 Å². The summed E-state index contributed by atoms with van der Waals surface area (Å²) in [6.45, 7) is 0. The van der Waals surface area contributed by atoms with Gasteiger partial charge in [0.15, 0.2) is 5.78 Å². The predicted octanol–water partition coefficient (Wildman–Crippen LogP) is 3.16. The van der Waals surface area contributed by atoms with Gasteiger partial charge in [0.05, 0.1) is 0 Å². The minimum absolute atomic E-state index is 0.00225. The van der Waals surface area contributed by atoms with Gasteiger partial charge in [-0.2, -0.15) is 0 Å². The quantitative estimate of drug-likeness (QED) is 0.493. The molecule has 0 spiro atoms. The monoisotopic (exact) mass is 223 g/mol. The van der Waals surface area contributed by atoms with Crippen molar-refractivity contribution in [2.24, 2.45) is 0 Å². The summed E-state index contributed by atoms with van der Waals surface area (Å²) in [5.74, 6) is 0.00225. The van der Waals surface area contributed by atoms with Crippen LogP contribution in [-0.4, -0.2) is 5.78 Å². The second-order valence-electron chi connectivity index (χ2n) is 3.73. The van der Waals surface area contributed by atoms with Crippen LogP contribution in [0.5, 0.6) is 0 Å². The number of hydrogen-bond acceptors (Lipinski definition) is 2. The molecule has 0 fully saturated rings. The van der Waals surface area contributed by atoms with Gasteiger partial charge in [0.25, 0.3) is 0 Å². The maximum absolute atomic E-state index is 11.8. The SMILES string of the molecule is Nc1ccc(/C=C/C(=O)c2ccccc2)cc1. The lowest BCUT2D eigenvalue weighted by Crippen LogP contribution is -1.92. The largest absolute Gasteiger partial charge is 0.399 e.